The number of hydrogen-bond donors (Lipinski definition) is 0. The maximum Gasteiger partial charge on any atom is 1.00 e. The van der Waals surface area contributed by atoms with Crippen LogP contribution in [0.5, 0.6) is 0 Å². The van der Waals surface area contributed by atoms with Crippen molar-refractivity contribution in [2.75, 3.05) is 0 Å². The van der Waals surface area contributed by atoms with Crippen LogP contribution in [0.25, 0.3) is 11.0 Å². The van der Waals surface area contributed by atoms with Gasteiger partial charge in [0, 0.05) is 11.8 Å². The Bertz CT molecular complexity index is 970. The van der Waals surface area contributed by atoms with E-state index in [0.717, 1.165) is 5.56 Å². The normalized spacial score (nSPS) is 11.7. The molecule has 4 nitrogen and oxygen atoms in total. The maximum atomic E-state index is 12.8. The third-order valence-corrected chi connectivity index (χ3v) is 3.84. The zero-order valence-electron chi connectivity index (χ0n) is 13.6. The zero-order chi connectivity index (χ0) is 16.4. The average molecular weight is 330 g/mol. The van der Waals surface area contributed by atoms with Gasteiger partial charge in [-0.3, -0.25) is 4.79 Å². The number of hydrogen-bond acceptors (Lipinski definition) is 4. The van der Waals surface area contributed by atoms with Crippen LogP contribution in [0.2, 0.25) is 0 Å². The minimum atomic E-state index is -0.677. The van der Waals surface area contributed by atoms with E-state index in [2.05, 4.69) is 0 Å². The molecule has 0 N–H and O–H groups in total. The second-order valence-electron chi connectivity index (χ2n) is 5.50. The third-order valence-electron chi connectivity index (χ3n) is 3.84. The summed E-state index contributed by atoms with van der Waals surface area (Å²) in [6, 6.07) is 15.7. The molecule has 3 aromatic rings. The first-order valence-corrected chi connectivity index (χ1v) is 7.35. The van der Waals surface area contributed by atoms with Crippen molar-refractivity contribution >= 4 is 16.8 Å². The van der Waals surface area contributed by atoms with Gasteiger partial charge in [-0.15, -0.1) is 6.07 Å². The van der Waals surface area contributed by atoms with E-state index < -0.39 is 11.5 Å². The van der Waals surface area contributed by atoms with E-state index in [-0.39, 0.29) is 58.3 Å². The van der Waals surface area contributed by atoms with E-state index >= 15 is 0 Å². The molecular formula is C19H15NaO4. The first-order valence-electron chi connectivity index (χ1n) is 7.35. The summed E-state index contributed by atoms with van der Waals surface area (Å²) in [6.07, 6.45) is 0.0857. The first kappa shape index (κ1) is 18.5. The van der Waals surface area contributed by atoms with Crippen molar-refractivity contribution in [3.8, 4) is 0 Å². The van der Waals surface area contributed by atoms with E-state index in [4.69, 9.17) is 4.42 Å². The summed E-state index contributed by atoms with van der Waals surface area (Å²) in [7, 11) is 0. The molecule has 24 heavy (non-hydrogen) atoms. The number of Topliss-reactive ketones (excluding diaryl/α,β-unsaturated/α-hetero) is 1. The van der Waals surface area contributed by atoms with Crippen molar-refractivity contribution in [1.29, 1.82) is 0 Å². The van der Waals surface area contributed by atoms with E-state index in [0.29, 0.717) is 5.39 Å². The van der Waals surface area contributed by atoms with Crippen molar-refractivity contribution in [3.63, 3.8) is 0 Å². The quantitative estimate of drug-likeness (QED) is 0.383. The van der Waals surface area contributed by atoms with Gasteiger partial charge in [0.25, 0.3) is 5.63 Å². The molecule has 0 bridgehead atoms. The number of ketones is 1. The fourth-order valence-corrected chi connectivity index (χ4v) is 2.80. The molecule has 0 spiro atoms. The minimum absolute atomic E-state index is 0. The Labute approximate surface area is 160 Å². The van der Waals surface area contributed by atoms with Gasteiger partial charge in [0.15, 0.2) is 0 Å². The second kappa shape index (κ2) is 7.79. The maximum absolute atomic E-state index is 12.8. The number of rotatable bonds is 4. The Morgan fingerprint density at radius 3 is 2.33 bits per heavy atom. The molecule has 0 aliphatic carbocycles. The molecule has 0 radical (unpaired) electrons. The Morgan fingerprint density at radius 2 is 1.67 bits per heavy atom. The third kappa shape index (κ3) is 3.61. The fourth-order valence-electron chi connectivity index (χ4n) is 2.80. The first-order chi connectivity index (χ1) is 11.1. The Balaban J connectivity index is 0.00000208. The molecule has 0 fully saturated rings. The fraction of sp³-hybridized carbons (Fsp3) is 0.158. The van der Waals surface area contributed by atoms with Crippen molar-refractivity contribution in [2.24, 2.45) is 0 Å². The summed E-state index contributed by atoms with van der Waals surface area (Å²) < 4.78 is 5.29. The summed E-state index contributed by atoms with van der Waals surface area (Å²) in [5.41, 5.74) is -0.0101. The molecule has 2 aromatic carbocycles. The standard InChI is InChI=1S/C19H15O4.Na/c1-12(20)11-15(13-7-3-2-4-8-13)17-18(21)14-9-5-6-10-16(14)23-19(17)22;/h2-10,15H,11H2,1H3;/q-1;+1. The van der Waals surface area contributed by atoms with Crippen molar-refractivity contribution < 1.29 is 38.8 Å². The smallest absolute Gasteiger partial charge is 0.455 e. The van der Waals surface area contributed by atoms with Crippen LogP contribution in [-0.2, 0) is 4.79 Å². The molecular weight excluding hydrogens is 315 g/mol. The molecule has 1 aromatic heterocycles. The van der Waals surface area contributed by atoms with Crippen LogP contribution in [0.3, 0.4) is 0 Å². The van der Waals surface area contributed by atoms with Crippen LogP contribution in [0.15, 0.2) is 68.6 Å². The van der Waals surface area contributed by atoms with Gasteiger partial charge >= 0.3 is 29.6 Å². The largest absolute Gasteiger partial charge is 1.00 e. The number of carbonyl (C=O) groups is 1. The van der Waals surface area contributed by atoms with Gasteiger partial charge in [0.1, 0.15) is 5.78 Å². The molecule has 3 rings (SSSR count). The molecule has 116 valence electrons. The van der Waals surface area contributed by atoms with Gasteiger partial charge in [-0.05, 0) is 18.9 Å². The molecule has 0 saturated heterocycles. The van der Waals surface area contributed by atoms with Crippen LogP contribution in [0.4, 0.5) is 0 Å². The summed E-state index contributed by atoms with van der Waals surface area (Å²) in [6.45, 7) is 1.45. The van der Waals surface area contributed by atoms with Crippen LogP contribution in [0, 0.1) is 0 Å². The number of para-hydroxylation sites is 1. The number of fused-ring (bicyclic) bond motifs is 1. The molecule has 0 saturated carbocycles. The zero-order valence-corrected chi connectivity index (χ0v) is 15.6. The Kier molecular flexibility index (Phi) is 5.99. The summed E-state index contributed by atoms with van der Waals surface area (Å²) in [5, 5.41) is 0.353. The monoisotopic (exact) mass is 330 g/mol. The van der Waals surface area contributed by atoms with E-state index in [1.54, 1.807) is 24.3 Å². The van der Waals surface area contributed by atoms with E-state index in [9.17, 15) is 14.4 Å². The van der Waals surface area contributed by atoms with E-state index in [1.165, 1.54) is 6.92 Å². The van der Waals surface area contributed by atoms with Crippen molar-refractivity contribution in [1.82, 2.24) is 0 Å². The predicted molar refractivity (Wildman–Crippen MR) is 87.9 cm³/mol. The van der Waals surface area contributed by atoms with Crippen LogP contribution < -0.4 is 40.6 Å². The molecule has 1 heterocycles. The number of carbonyl (C=O) groups excluding carboxylic acids is 1. The molecule has 1 atom stereocenters. The van der Waals surface area contributed by atoms with Crippen LogP contribution in [-0.4, -0.2) is 5.78 Å². The summed E-state index contributed by atoms with van der Waals surface area (Å²) in [5.74, 6) is -0.687. The summed E-state index contributed by atoms with van der Waals surface area (Å²) >= 11 is 0. The second-order valence-corrected chi connectivity index (χ2v) is 5.50. The van der Waals surface area contributed by atoms with Gasteiger partial charge in [-0.1, -0.05) is 59.0 Å². The molecule has 1 unspecified atom stereocenters. The summed E-state index contributed by atoms with van der Waals surface area (Å²) in [4.78, 5) is 36.8. The van der Waals surface area contributed by atoms with Gasteiger partial charge in [-0.2, -0.15) is 0 Å². The Morgan fingerprint density at radius 1 is 1.04 bits per heavy atom. The van der Waals surface area contributed by atoms with Crippen molar-refractivity contribution in [2.45, 2.75) is 19.3 Å². The minimum Gasteiger partial charge on any atom is -0.455 e. The average Bonchev–Trinajstić information content (AvgIpc) is 2.54. The van der Waals surface area contributed by atoms with E-state index in [1.807, 2.05) is 30.3 Å². The SMILES string of the molecule is CC(=O)CC(c1ccccc1)[c-]1c(=O)oc2ccccc2c1=O.[Na+]. The van der Waals surface area contributed by atoms with Gasteiger partial charge in [0.2, 0.25) is 0 Å². The van der Waals surface area contributed by atoms with Gasteiger partial charge < -0.3 is 14.0 Å². The number of benzene rings is 2. The Hall–Kier alpha value is -1.88. The molecule has 0 aliphatic heterocycles. The predicted octanol–water partition coefficient (Wildman–Crippen LogP) is -0.0129. The van der Waals surface area contributed by atoms with Crippen LogP contribution in [0.1, 0.15) is 30.4 Å². The van der Waals surface area contributed by atoms with Gasteiger partial charge in [0.05, 0.1) is 5.58 Å². The topological polar surface area (TPSA) is 64.3 Å². The molecule has 0 amide bonds. The van der Waals surface area contributed by atoms with Crippen molar-refractivity contribution in [3.05, 3.63) is 86.4 Å². The molecule has 5 heteroatoms. The molecule has 0 aliphatic rings. The van der Waals surface area contributed by atoms with Gasteiger partial charge in [-0.25, -0.2) is 0 Å². The van der Waals surface area contributed by atoms with Crippen LogP contribution >= 0.6 is 0 Å².